The maximum atomic E-state index is 8.75. The lowest BCUT2D eigenvalue weighted by Crippen LogP contribution is -1.90. The summed E-state index contributed by atoms with van der Waals surface area (Å²) in [5.41, 5.74) is 1.09. The van der Waals surface area contributed by atoms with Gasteiger partial charge in [-0.1, -0.05) is 12.1 Å². The first-order chi connectivity index (χ1) is 7.38. The van der Waals surface area contributed by atoms with Crippen molar-refractivity contribution in [3.05, 3.63) is 36.2 Å². The van der Waals surface area contributed by atoms with Gasteiger partial charge in [0.05, 0.1) is 0 Å². The zero-order chi connectivity index (χ0) is 10.5. The second kappa shape index (κ2) is 4.86. The molecule has 0 aliphatic heterocycles. The van der Waals surface area contributed by atoms with Crippen LogP contribution in [0.3, 0.4) is 0 Å². The number of aliphatic hydroxyl groups is 1. The second-order valence-corrected chi connectivity index (χ2v) is 3.67. The molecule has 1 N–H and O–H groups in total. The summed E-state index contributed by atoms with van der Waals surface area (Å²) in [6, 6.07) is 7.55. The Balaban J connectivity index is 2.04. The van der Waals surface area contributed by atoms with Crippen molar-refractivity contribution >= 4 is 11.5 Å². The molecule has 2 rings (SSSR count). The van der Waals surface area contributed by atoms with Crippen molar-refractivity contribution < 1.29 is 9.84 Å². The van der Waals surface area contributed by atoms with Gasteiger partial charge >= 0.3 is 0 Å². The number of aliphatic hydroxyl groups excluding tert-OH is 1. The highest BCUT2D eigenvalue weighted by Crippen LogP contribution is 2.21. The van der Waals surface area contributed by atoms with E-state index in [1.54, 1.807) is 0 Å². The van der Waals surface area contributed by atoms with E-state index in [0.717, 1.165) is 11.3 Å². The van der Waals surface area contributed by atoms with Crippen molar-refractivity contribution in [3.63, 3.8) is 0 Å². The van der Waals surface area contributed by atoms with E-state index in [1.165, 1.54) is 17.9 Å². The van der Waals surface area contributed by atoms with Crippen LogP contribution in [0.5, 0.6) is 10.9 Å². The maximum absolute atomic E-state index is 8.75. The smallest absolute Gasteiger partial charge is 0.298 e. The quantitative estimate of drug-likeness (QED) is 0.858. The average molecular weight is 222 g/mol. The predicted molar refractivity (Wildman–Crippen MR) is 57.2 cm³/mol. The molecular weight excluding hydrogens is 212 g/mol. The molecule has 0 atom stereocenters. The SMILES string of the molecule is OCCc1ccc(Oc2ncns2)cc1. The van der Waals surface area contributed by atoms with Crippen LogP contribution in [0.4, 0.5) is 0 Å². The van der Waals surface area contributed by atoms with Crippen LogP contribution in [0.2, 0.25) is 0 Å². The fraction of sp³-hybridized carbons (Fsp3) is 0.200. The van der Waals surface area contributed by atoms with E-state index >= 15 is 0 Å². The van der Waals surface area contributed by atoms with Crippen molar-refractivity contribution in [3.8, 4) is 10.9 Å². The first-order valence-electron chi connectivity index (χ1n) is 4.53. The standard InChI is InChI=1S/C10H10N2O2S/c13-6-5-8-1-3-9(4-2-8)14-10-11-7-12-15-10/h1-4,7,13H,5-6H2. The number of hydrogen-bond donors (Lipinski definition) is 1. The number of benzene rings is 1. The molecular formula is C10H10N2O2S. The van der Waals surface area contributed by atoms with Gasteiger partial charge in [-0.3, -0.25) is 0 Å². The van der Waals surface area contributed by atoms with Crippen LogP contribution in [-0.4, -0.2) is 21.1 Å². The fourth-order valence-corrected chi connectivity index (χ4v) is 1.57. The molecule has 0 amide bonds. The predicted octanol–water partition coefficient (Wildman–Crippen LogP) is 1.87. The molecule has 2 aromatic rings. The van der Waals surface area contributed by atoms with Crippen LogP contribution < -0.4 is 4.74 Å². The van der Waals surface area contributed by atoms with Gasteiger partial charge in [0, 0.05) is 18.1 Å². The monoisotopic (exact) mass is 222 g/mol. The molecule has 5 heteroatoms. The van der Waals surface area contributed by atoms with Crippen molar-refractivity contribution in [2.45, 2.75) is 6.42 Å². The van der Waals surface area contributed by atoms with Gasteiger partial charge < -0.3 is 9.84 Å². The Morgan fingerprint density at radius 2 is 2.07 bits per heavy atom. The molecule has 1 heterocycles. The molecule has 1 aromatic carbocycles. The lowest BCUT2D eigenvalue weighted by molar-refractivity contribution is 0.299. The maximum Gasteiger partial charge on any atom is 0.298 e. The molecule has 0 unspecified atom stereocenters. The van der Waals surface area contributed by atoms with E-state index in [9.17, 15) is 0 Å². The van der Waals surface area contributed by atoms with Crippen molar-refractivity contribution in [2.75, 3.05) is 6.61 Å². The Bertz CT molecular complexity index is 400. The van der Waals surface area contributed by atoms with E-state index < -0.39 is 0 Å². The van der Waals surface area contributed by atoms with Crippen LogP contribution in [0.25, 0.3) is 0 Å². The van der Waals surface area contributed by atoms with Gasteiger partial charge in [0.25, 0.3) is 5.19 Å². The Morgan fingerprint density at radius 3 is 2.67 bits per heavy atom. The molecule has 0 bridgehead atoms. The molecule has 0 saturated carbocycles. The van der Waals surface area contributed by atoms with E-state index in [0.29, 0.717) is 11.6 Å². The van der Waals surface area contributed by atoms with Crippen LogP contribution in [0.15, 0.2) is 30.6 Å². The van der Waals surface area contributed by atoms with E-state index in [-0.39, 0.29) is 6.61 Å². The minimum absolute atomic E-state index is 0.163. The third kappa shape index (κ3) is 2.74. The van der Waals surface area contributed by atoms with Gasteiger partial charge in [0.1, 0.15) is 12.1 Å². The van der Waals surface area contributed by atoms with Gasteiger partial charge in [0.15, 0.2) is 0 Å². The summed E-state index contributed by atoms with van der Waals surface area (Å²) < 4.78 is 9.27. The fourth-order valence-electron chi connectivity index (χ4n) is 1.16. The topological polar surface area (TPSA) is 55.2 Å². The van der Waals surface area contributed by atoms with Crippen LogP contribution in [0, 0.1) is 0 Å². The number of aromatic nitrogens is 2. The van der Waals surface area contributed by atoms with Gasteiger partial charge in [-0.15, -0.1) is 0 Å². The summed E-state index contributed by atoms with van der Waals surface area (Å²) in [5, 5.41) is 9.28. The number of nitrogens with zero attached hydrogens (tertiary/aromatic N) is 2. The molecule has 78 valence electrons. The van der Waals surface area contributed by atoms with Crippen LogP contribution in [-0.2, 0) is 6.42 Å². The van der Waals surface area contributed by atoms with Crippen LogP contribution in [0.1, 0.15) is 5.56 Å². The summed E-state index contributed by atoms with van der Waals surface area (Å²) >= 11 is 1.21. The average Bonchev–Trinajstić information content (AvgIpc) is 2.74. The molecule has 0 saturated heterocycles. The first-order valence-corrected chi connectivity index (χ1v) is 5.30. The first kappa shape index (κ1) is 10.1. The molecule has 0 aliphatic rings. The third-order valence-electron chi connectivity index (χ3n) is 1.87. The zero-order valence-electron chi connectivity index (χ0n) is 7.96. The molecule has 0 spiro atoms. The Kier molecular flexibility index (Phi) is 3.26. The molecule has 0 aliphatic carbocycles. The van der Waals surface area contributed by atoms with Gasteiger partial charge in [0.2, 0.25) is 0 Å². The molecule has 0 radical (unpaired) electrons. The summed E-state index contributed by atoms with van der Waals surface area (Å²) in [6.07, 6.45) is 2.12. The third-order valence-corrected chi connectivity index (χ3v) is 2.41. The van der Waals surface area contributed by atoms with Gasteiger partial charge in [-0.25, -0.2) is 0 Å². The Labute approximate surface area is 91.3 Å². The zero-order valence-corrected chi connectivity index (χ0v) is 8.78. The lowest BCUT2D eigenvalue weighted by atomic mass is 10.1. The summed E-state index contributed by atoms with van der Waals surface area (Å²) in [6.45, 7) is 0.163. The lowest BCUT2D eigenvalue weighted by Gasteiger charge is -2.02. The highest BCUT2D eigenvalue weighted by molar-refractivity contribution is 7.07. The van der Waals surface area contributed by atoms with Gasteiger partial charge in [-0.2, -0.15) is 9.36 Å². The van der Waals surface area contributed by atoms with E-state index in [1.807, 2.05) is 24.3 Å². The Hall–Kier alpha value is -1.46. The summed E-state index contributed by atoms with van der Waals surface area (Å²) in [7, 11) is 0. The normalized spacial score (nSPS) is 10.2. The minimum atomic E-state index is 0.163. The van der Waals surface area contributed by atoms with E-state index in [2.05, 4.69) is 9.36 Å². The highest BCUT2D eigenvalue weighted by Gasteiger charge is 2.00. The minimum Gasteiger partial charge on any atom is -0.430 e. The summed E-state index contributed by atoms with van der Waals surface area (Å²) in [5.74, 6) is 0.730. The number of rotatable bonds is 4. The van der Waals surface area contributed by atoms with Crippen molar-refractivity contribution in [2.24, 2.45) is 0 Å². The highest BCUT2D eigenvalue weighted by atomic mass is 32.1. The van der Waals surface area contributed by atoms with Gasteiger partial charge in [-0.05, 0) is 24.1 Å². The molecule has 1 aromatic heterocycles. The number of hydrogen-bond acceptors (Lipinski definition) is 5. The summed E-state index contributed by atoms with van der Waals surface area (Å²) in [4.78, 5) is 3.92. The second-order valence-electron chi connectivity index (χ2n) is 2.93. The van der Waals surface area contributed by atoms with Crippen LogP contribution >= 0.6 is 11.5 Å². The van der Waals surface area contributed by atoms with Crippen molar-refractivity contribution in [1.29, 1.82) is 0 Å². The largest absolute Gasteiger partial charge is 0.430 e. The molecule has 15 heavy (non-hydrogen) atoms. The number of ether oxygens (including phenoxy) is 1. The van der Waals surface area contributed by atoms with E-state index in [4.69, 9.17) is 9.84 Å². The molecule has 4 nitrogen and oxygen atoms in total. The molecule has 0 fully saturated rings. The Morgan fingerprint density at radius 1 is 1.27 bits per heavy atom. The van der Waals surface area contributed by atoms with Crippen molar-refractivity contribution in [1.82, 2.24) is 9.36 Å².